The lowest BCUT2D eigenvalue weighted by Crippen LogP contribution is -2.41. The molecule has 1 amide bonds. The van der Waals surface area contributed by atoms with Crippen molar-refractivity contribution in [2.24, 2.45) is 0 Å². The van der Waals surface area contributed by atoms with Crippen molar-refractivity contribution in [3.8, 4) is 0 Å². The van der Waals surface area contributed by atoms with Gasteiger partial charge in [-0.15, -0.1) is 0 Å². The van der Waals surface area contributed by atoms with E-state index in [1.54, 1.807) is 0 Å². The molecule has 1 atom stereocenters. The number of anilines is 1. The molecule has 1 aliphatic heterocycles. The summed E-state index contributed by atoms with van der Waals surface area (Å²) in [5.74, 6) is -0.107. The summed E-state index contributed by atoms with van der Waals surface area (Å²) < 4.78 is 23.8. The quantitative estimate of drug-likeness (QED) is 0.652. The summed E-state index contributed by atoms with van der Waals surface area (Å²) in [6.07, 6.45) is 0.510. The van der Waals surface area contributed by atoms with Crippen molar-refractivity contribution in [2.45, 2.75) is 19.0 Å². The number of hydrogen-bond acceptors (Lipinski definition) is 4. The van der Waals surface area contributed by atoms with Gasteiger partial charge in [0.1, 0.15) is 0 Å². The summed E-state index contributed by atoms with van der Waals surface area (Å²) >= 11 is 18.0. The summed E-state index contributed by atoms with van der Waals surface area (Å²) in [5.41, 5.74) is 1.37. The number of hydrogen-bond donors (Lipinski definition) is 1. The molecular formula is C19H19Cl3N2O3S. The largest absolute Gasteiger partial charge is 0.324 e. The lowest BCUT2D eigenvalue weighted by Gasteiger charge is -2.27. The molecule has 0 radical (unpaired) electrons. The van der Waals surface area contributed by atoms with Gasteiger partial charge >= 0.3 is 0 Å². The molecule has 2 aromatic rings. The molecule has 0 unspecified atom stereocenters. The van der Waals surface area contributed by atoms with Gasteiger partial charge in [0.25, 0.3) is 0 Å². The van der Waals surface area contributed by atoms with E-state index >= 15 is 0 Å². The molecule has 0 spiro atoms. The van der Waals surface area contributed by atoms with Crippen LogP contribution in [0.4, 0.5) is 5.69 Å². The molecule has 3 rings (SSSR count). The van der Waals surface area contributed by atoms with Crippen LogP contribution < -0.4 is 5.32 Å². The SMILES string of the molecule is O=C(CN(Cc1ccccc1)[C@@H]1CCS(=O)(=O)C1)Nc1cc(Cl)c(Cl)cc1Cl. The smallest absolute Gasteiger partial charge is 0.238 e. The first-order chi connectivity index (χ1) is 13.2. The number of nitrogens with one attached hydrogen (secondary N) is 1. The molecule has 150 valence electrons. The second-order valence-electron chi connectivity index (χ2n) is 6.74. The number of halogens is 3. The van der Waals surface area contributed by atoms with Crippen molar-refractivity contribution in [3.05, 3.63) is 63.1 Å². The van der Waals surface area contributed by atoms with E-state index in [0.29, 0.717) is 23.7 Å². The zero-order valence-electron chi connectivity index (χ0n) is 14.9. The number of rotatable bonds is 6. The van der Waals surface area contributed by atoms with Crippen molar-refractivity contribution in [2.75, 3.05) is 23.4 Å². The minimum absolute atomic E-state index is 0.0334. The highest BCUT2D eigenvalue weighted by molar-refractivity contribution is 7.91. The summed E-state index contributed by atoms with van der Waals surface area (Å²) in [6.45, 7) is 0.509. The molecular weight excluding hydrogens is 443 g/mol. The Labute approximate surface area is 179 Å². The van der Waals surface area contributed by atoms with Gasteiger partial charge in [-0.3, -0.25) is 9.69 Å². The Balaban J connectivity index is 1.75. The van der Waals surface area contributed by atoms with E-state index < -0.39 is 9.84 Å². The molecule has 0 bridgehead atoms. The highest BCUT2D eigenvalue weighted by Crippen LogP contribution is 2.32. The van der Waals surface area contributed by atoms with Crippen LogP contribution in [0.2, 0.25) is 15.1 Å². The van der Waals surface area contributed by atoms with Crippen LogP contribution in [0, 0.1) is 0 Å². The monoisotopic (exact) mass is 460 g/mol. The molecule has 28 heavy (non-hydrogen) atoms. The number of sulfone groups is 1. The Bertz CT molecular complexity index is 968. The number of carbonyl (C=O) groups excluding carboxylic acids is 1. The van der Waals surface area contributed by atoms with Crippen molar-refractivity contribution < 1.29 is 13.2 Å². The van der Waals surface area contributed by atoms with Gasteiger partial charge in [0, 0.05) is 12.6 Å². The van der Waals surface area contributed by atoms with E-state index in [-0.39, 0.29) is 40.0 Å². The Morgan fingerprint density at radius 2 is 1.75 bits per heavy atom. The molecule has 0 aliphatic carbocycles. The maximum Gasteiger partial charge on any atom is 0.238 e. The summed E-state index contributed by atoms with van der Waals surface area (Å²) in [7, 11) is -3.07. The van der Waals surface area contributed by atoms with Gasteiger partial charge in [-0.25, -0.2) is 8.42 Å². The van der Waals surface area contributed by atoms with Crippen LogP contribution in [-0.4, -0.2) is 43.3 Å². The van der Waals surface area contributed by atoms with Crippen LogP contribution in [-0.2, 0) is 21.2 Å². The zero-order valence-corrected chi connectivity index (χ0v) is 18.0. The summed E-state index contributed by atoms with van der Waals surface area (Å²) in [5, 5.41) is 3.59. The first kappa shape index (κ1) is 21.4. The molecule has 2 aromatic carbocycles. The summed E-state index contributed by atoms with van der Waals surface area (Å²) in [4.78, 5) is 14.5. The fraction of sp³-hybridized carbons (Fsp3) is 0.316. The topological polar surface area (TPSA) is 66.5 Å². The van der Waals surface area contributed by atoms with Gasteiger partial charge < -0.3 is 5.32 Å². The van der Waals surface area contributed by atoms with Crippen LogP contribution in [0.5, 0.6) is 0 Å². The van der Waals surface area contributed by atoms with Gasteiger partial charge in [-0.1, -0.05) is 65.1 Å². The normalized spacial score (nSPS) is 18.4. The lowest BCUT2D eigenvalue weighted by molar-refractivity contribution is -0.117. The number of carbonyl (C=O) groups is 1. The maximum absolute atomic E-state index is 12.6. The van der Waals surface area contributed by atoms with Crippen LogP contribution in [0.25, 0.3) is 0 Å². The second-order valence-corrected chi connectivity index (χ2v) is 10.2. The molecule has 1 saturated heterocycles. The van der Waals surface area contributed by atoms with E-state index in [0.717, 1.165) is 5.56 Å². The van der Waals surface area contributed by atoms with Crippen molar-refractivity contribution in [1.82, 2.24) is 4.90 Å². The van der Waals surface area contributed by atoms with E-state index in [9.17, 15) is 13.2 Å². The fourth-order valence-electron chi connectivity index (χ4n) is 3.19. The highest BCUT2D eigenvalue weighted by atomic mass is 35.5. The molecule has 0 aromatic heterocycles. The molecule has 0 saturated carbocycles. The molecule has 1 aliphatic rings. The van der Waals surface area contributed by atoms with Gasteiger partial charge in [0.15, 0.2) is 9.84 Å². The van der Waals surface area contributed by atoms with E-state index in [1.807, 2.05) is 35.2 Å². The van der Waals surface area contributed by atoms with Crippen LogP contribution in [0.15, 0.2) is 42.5 Å². The molecule has 1 heterocycles. The van der Waals surface area contributed by atoms with Crippen LogP contribution in [0.1, 0.15) is 12.0 Å². The predicted molar refractivity (Wildman–Crippen MR) is 114 cm³/mol. The van der Waals surface area contributed by atoms with Gasteiger partial charge in [-0.05, 0) is 24.1 Å². The fourth-order valence-corrected chi connectivity index (χ4v) is 5.54. The zero-order chi connectivity index (χ0) is 20.3. The summed E-state index contributed by atoms with van der Waals surface area (Å²) in [6, 6.07) is 12.4. The highest BCUT2D eigenvalue weighted by Gasteiger charge is 2.33. The molecule has 5 nitrogen and oxygen atoms in total. The number of benzene rings is 2. The first-order valence-corrected chi connectivity index (χ1v) is 11.6. The van der Waals surface area contributed by atoms with E-state index in [4.69, 9.17) is 34.8 Å². The van der Waals surface area contributed by atoms with Crippen molar-refractivity contribution >= 4 is 56.2 Å². The lowest BCUT2D eigenvalue weighted by atomic mass is 10.1. The van der Waals surface area contributed by atoms with Gasteiger partial charge in [0.05, 0.1) is 38.8 Å². The third-order valence-corrected chi connectivity index (χ3v) is 7.37. The van der Waals surface area contributed by atoms with E-state index in [1.165, 1.54) is 12.1 Å². The van der Waals surface area contributed by atoms with Crippen LogP contribution in [0.3, 0.4) is 0 Å². The Morgan fingerprint density at radius 3 is 2.39 bits per heavy atom. The van der Waals surface area contributed by atoms with Gasteiger partial charge in [-0.2, -0.15) is 0 Å². The average molecular weight is 462 g/mol. The van der Waals surface area contributed by atoms with Crippen molar-refractivity contribution in [1.29, 1.82) is 0 Å². The molecule has 9 heteroatoms. The van der Waals surface area contributed by atoms with Gasteiger partial charge in [0.2, 0.25) is 5.91 Å². The molecule has 1 N–H and O–H groups in total. The second kappa shape index (κ2) is 9.01. The Morgan fingerprint density at radius 1 is 1.07 bits per heavy atom. The predicted octanol–water partition coefficient (Wildman–Crippen LogP) is 4.27. The maximum atomic E-state index is 12.6. The third kappa shape index (κ3) is 5.61. The van der Waals surface area contributed by atoms with Crippen LogP contribution >= 0.6 is 34.8 Å². The first-order valence-electron chi connectivity index (χ1n) is 8.66. The average Bonchev–Trinajstić information content (AvgIpc) is 3.00. The third-order valence-electron chi connectivity index (χ3n) is 4.58. The van der Waals surface area contributed by atoms with E-state index in [2.05, 4.69) is 5.32 Å². The number of nitrogens with zero attached hydrogens (tertiary/aromatic N) is 1. The number of amides is 1. The Hall–Kier alpha value is -1.31. The minimum Gasteiger partial charge on any atom is -0.324 e. The minimum atomic E-state index is -3.07. The molecule has 1 fully saturated rings. The van der Waals surface area contributed by atoms with Crippen molar-refractivity contribution in [3.63, 3.8) is 0 Å². The standard InChI is InChI=1S/C19H19Cl3N2O3S/c20-15-8-17(22)18(9-16(15)21)23-19(25)11-24(10-13-4-2-1-3-5-13)14-6-7-28(26,27)12-14/h1-5,8-9,14H,6-7,10-12H2,(H,23,25)/t14-/m1/s1. The Kier molecular flexibility index (Phi) is 6.89.